The van der Waals surface area contributed by atoms with Crippen LogP contribution in [0.1, 0.15) is 10.6 Å². The van der Waals surface area contributed by atoms with Crippen molar-refractivity contribution in [2.24, 2.45) is 0 Å². The third kappa shape index (κ3) is 2.72. The highest BCUT2D eigenvalue weighted by Crippen LogP contribution is 2.34. The molecule has 108 valence electrons. The summed E-state index contributed by atoms with van der Waals surface area (Å²) in [6.45, 7) is 4.17. The van der Waals surface area contributed by atoms with Crippen LogP contribution in [-0.2, 0) is 0 Å². The van der Waals surface area contributed by atoms with Gasteiger partial charge in [-0.1, -0.05) is 0 Å². The zero-order valence-corrected chi connectivity index (χ0v) is 12.6. The Morgan fingerprint density at radius 2 is 2.05 bits per heavy atom. The normalized spacial score (nSPS) is 11.0. The Morgan fingerprint density at radius 3 is 2.76 bits per heavy atom. The van der Waals surface area contributed by atoms with Crippen molar-refractivity contribution in [3.8, 4) is 16.3 Å². The van der Waals surface area contributed by atoms with Crippen molar-refractivity contribution >= 4 is 22.2 Å². The van der Waals surface area contributed by atoms with E-state index < -0.39 is 0 Å². The van der Waals surface area contributed by atoms with Crippen LogP contribution < -0.4 is 4.74 Å². The van der Waals surface area contributed by atoms with E-state index >= 15 is 0 Å². The van der Waals surface area contributed by atoms with E-state index in [-0.39, 0.29) is 13.2 Å². The second-order valence-electron chi connectivity index (χ2n) is 4.68. The fraction of sp³-hybridized carbons (Fsp3) is 0.267. The maximum atomic E-state index is 8.98. The number of aliphatic hydroxyl groups excluding tert-OH is 1. The monoisotopic (exact) mass is 301 g/mol. The van der Waals surface area contributed by atoms with Crippen LogP contribution in [0.2, 0.25) is 0 Å². The number of hydrogen-bond acceptors (Lipinski definition) is 6. The summed E-state index contributed by atoms with van der Waals surface area (Å²) in [7, 11) is 0. The highest BCUT2D eigenvalue weighted by molar-refractivity contribution is 7.14. The van der Waals surface area contributed by atoms with E-state index in [4.69, 9.17) is 9.84 Å². The number of hydrogen-bond donors (Lipinski definition) is 1. The van der Waals surface area contributed by atoms with Gasteiger partial charge in [0.15, 0.2) is 0 Å². The minimum Gasteiger partial charge on any atom is -0.489 e. The number of rotatable bonds is 4. The molecule has 3 aromatic rings. The Morgan fingerprint density at radius 1 is 1.19 bits per heavy atom. The van der Waals surface area contributed by atoms with Crippen LogP contribution in [-0.4, -0.2) is 33.3 Å². The summed E-state index contributed by atoms with van der Waals surface area (Å²) in [6.07, 6.45) is 3.38. The zero-order chi connectivity index (χ0) is 14.8. The molecule has 0 amide bonds. The number of benzene rings is 1. The molecule has 0 unspecified atom stereocenters. The van der Waals surface area contributed by atoms with E-state index in [9.17, 15) is 0 Å². The van der Waals surface area contributed by atoms with Gasteiger partial charge in [0.2, 0.25) is 0 Å². The van der Waals surface area contributed by atoms with Crippen LogP contribution in [0.15, 0.2) is 24.7 Å². The molecule has 0 aliphatic carbocycles. The average Bonchev–Trinajstić information content (AvgIpc) is 2.92. The number of aryl methyl sites for hydroxylation is 2. The molecule has 0 atom stereocenters. The van der Waals surface area contributed by atoms with Gasteiger partial charge in [-0.2, -0.15) is 0 Å². The van der Waals surface area contributed by atoms with Gasteiger partial charge in [0, 0.05) is 27.7 Å². The SMILES string of the molecule is Cc1cnc(-c2cc(OCCO)c3ncnc(C)c3c2)s1. The van der Waals surface area contributed by atoms with E-state index in [1.165, 1.54) is 6.33 Å². The minimum absolute atomic E-state index is 0.0356. The van der Waals surface area contributed by atoms with Crippen molar-refractivity contribution in [3.05, 3.63) is 35.2 Å². The maximum absolute atomic E-state index is 8.98. The van der Waals surface area contributed by atoms with Gasteiger partial charge < -0.3 is 9.84 Å². The van der Waals surface area contributed by atoms with Crippen LogP contribution in [0.5, 0.6) is 5.75 Å². The summed E-state index contributed by atoms with van der Waals surface area (Å²) in [6, 6.07) is 3.96. The number of aromatic nitrogens is 3. The lowest BCUT2D eigenvalue weighted by molar-refractivity contribution is 0.202. The molecule has 0 radical (unpaired) electrons. The summed E-state index contributed by atoms with van der Waals surface area (Å²) >= 11 is 1.63. The van der Waals surface area contributed by atoms with Crippen LogP contribution in [0.25, 0.3) is 21.5 Å². The first-order valence-corrected chi connectivity index (χ1v) is 7.42. The molecule has 1 N–H and O–H groups in total. The van der Waals surface area contributed by atoms with E-state index in [0.29, 0.717) is 5.75 Å². The van der Waals surface area contributed by atoms with Crippen LogP contribution in [0.3, 0.4) is 0 Å². The predicted octanol–water partition coefficient (Wildman–Crippen LogP) is 2.74. The average molecular weight is 301 g/mol. The molecule has 1 aromatic carbocycles. The predicted molar refractivity (Wildman–Crippen MR) is 82.7 cm³/mol. The number of fused-ring (bicyclic) bond motifs is 1. The first kappa shape index (κ1) is 13.9. The topological polar surface area (TPSA) is 68.1 Å². The highest BCUT2D eigenvalue weighted by atomic mass is 32.1. The molecule has 2 heterocycles. The first-order valence-electron chi connectivity index (χ1n) is 6.61. The molecule has 0 saturated carbocycles. The quantitative estimate of drug-likeness (QED) is 0.802. The molecule has 0 aliphatic rings. The summed E-state index contributed by atoms with van der Waals surface area (Å²) in [5.41, 5.74) is 2.63. The molecule has 3 rings (SSSR count). The molecule has 21 heavy (non-hydrogen) atoms. The second kappa shape index (κ2) is 5.75. The Bertz CT molecular complexity index is 786. The van der Waals surface area contributed by atoms with Gasteiger partial charge in [-0.3, -0.25) is 0 Å². The number of aliphatic hydroxyl groups is 1. The largest absolute Gasteiger partial charge is 0.489 e. The van der Waals surface area contributed by atoms with Crippen molar-refractivity contribution in [1.82, 2.24) is 15.0 Å². The molecule has 0 fully saturated rings. The van der Waals surface area contributed by atoms with Gasteiger partial charge in [-0.15, -0.1) is 11.3 Å². The van der Waals surface area contributed by atoms with E-state index in [0.717, 1.165) is 32.0 Å². The lowest BCUT2D eigenvalue weighted by Crippen LogP contribution is -2.03. The maximum Gasteiger partial charge on any atom is 0.146 e. The lowest BCUT2D eigenvalue weighted by atomic mass is 10.1. The van der Waals surface area contributed by atoms with E-state index in [1.807, 2.05) is 32.2 Å². The van der Waals surface area contributed by atoms with E-state index in [2.05, 4.69) is 15.0 Å². The smallest absolute Gasteiger partial charge is 0.146 e. The molecule has 0 saturated heterocycles. The molecular weight excluding hydrogens is 286 g/mol. The summed E-state index contributed by atoms with van der Waals surface area (Å²) in [4.78, 5) is 14.1. The fourth-order valence-electron chi connectivity index (χ4n) is 2.14. The van der Waals surface area contributed by atoms with E-state index in [1.54, 1.807) is 11.3 Å². The van der Waals surface area contributed by atoms with Crippen molar-refractivity contribution in [2.45, 2.75) is 13.8 Å². The zero-order valence-electron chi connectivity index (χ0n) is 11.8. The van der Waals surface area contributed by atoms with Gasteiger partial charge in [-0.05, 0) is 26.0 Å². The molecule has 6 heteroatoms. The third-order valence-corrected chi connectivity index (χ3v) is 4.08. The Balaban J connectivity index is 2.20. The molecule has 2 aromatic heterocycles. The summed E-state index contributed by atoms with van der Waals surface area (Å²) < 4.78 is 5.63. The standard InChI is InChI=1S/C15H15N3O2S/c1-9-7-16-15(21-9)11-5-12-10(2)17-8-18-14(12)13(6-11)20-4-3-19/h5-8,19H,3-4H2,1-2H3. The van der Waals surface area contributed by atoms with Gasteiger partial charge in [0.25, 0.3) is 0 Å². The summed E-state index contributed by atoms with van der Waals surface area (Å²) in [5.74, 6) is 0.648. The minimum atomic E-state index is -0.0356. The number of ether oxygens (including phenoxy) is 1. The van der Waals surface area contributed by atoms with Crippen molar-refractivity contribution in [2.75, 3.05) is 13.2 Å². The Labute approximate surface area is 126 Å². The van der Waals surface area contributed by atoms with Crippen LogP contribution in [0.4, 0.5) is 0 Å². The molecule has 0 aliphatic heterocycles. The Hall–Kier alpha value is -2.05. The second-order valence-corrected chi connectivity index (χ2v) is 5.91. The summed E-state index contributed by atoms with van der Waals surface area (Å²) in [5, 5.41) is 10.9. The first-order chi connectivity index (χ1) is 10.2. The van der Waals surface area contributed by atoms with Gasteiger partial charge in [-0.25, -0.2) is 15.0 Å². The van der Waals surface area contributed by atoms with Crippen LogP contribution in [0, 0.1) is 13.8 Å². The van der Waals surface area contributed by atoms with Crippen molar-refractivity contribution in [1.29, 1.82) is 0 Å². The van der Waals surface area contributed by atoms with Gasteiger partial charge >= 0.3 is 0 Å². The van der Waals surface area contributed by atoms with Crippen molar-refractivity contribution in [3.63, 3.8) is 0 Å². The molecule has 0 bridgehead atoms. The van der Waals surface area contributed by atoms with Crippen molar-refractivity contribution < 1.29 is 9.84 Å². The highest BCUT2D eigenvalue weighted by Gasteiger charge is 2.12. The van der Waals surface area contributed by atoms with Crippen LogP contribution >= 0.6 is 11.3 Å². The number of thiazole rings is 1. The van der Waals surface area contributed by atoms with Gasteiger partial charge in [0.1, 0.15) is 29.2 Å². The third-order valence-electron chi connectivity index (χ3n) is 3.12. The molecular formula is C15H15N3O2S. The lowest BCUT2D eigenvalue weighted by Gasteiger charge is -2.10. The fourth-order valence-corrected chi connectivity index (χ4v) is 2.89. The number of nitrogens with zero attached hydrogens (tertiary/aromatic N) is 3. The van der Waals surface area contributed by atoms with Gasteiger partial charge in [0.05, 0.1) is 6.61 Å². The molecule has 5 nitrogen and oxygen atoms in total. The Kier molecular flexibility index (Phi) is 3.81. The molecule has 0 spiro atoms.